The van der Waals surface area contributed by atoms with Gasteiger partial charge in [-0.2, -0.15) is 18.3 Å². The van der Waals surface area contributed by atoms with Gasteiger partial charge < -0.3 is 10.1 Å². The first-order chi connectivity index (χ1) is 10.6. The third-order valence-corrected chi connectivity index (χ3v) is 2.90. The summed E-state index contributed by atoms with van der Waals surface area (Å²) >= 11 is 0. The van der Waals surface area contributed by atoms with Crippen molar-refractivity contribution in [1.82, 2.24) is 15.1 Å². The van der Waals surface area contributed by atoms with Gasteiger partial charge >= 0.3 is 12.1 Å². The minimum absolute atomic E-state index is 0.194. The lowest BCUT2D eigenvalue weighted by Crippen LogP contribution is -2.31. The number of aromatic nitrogens is 2. The van der Waals surface area contributed by atoms with E-state index < -0.39 is 29.8 Å². The summed E-state index contributed by atoms with van der Waals surface area (Å²) in [5.74, 6) is -1.21. The number of allylic oxidation sites excluding steroid dienone is 1. The molecule has 0 spiro atoms. The Kier molecular flexibility index (Phi) is 5.94. The van der Waals surface area contributed by atoms with Gasteiger partial charge in [0, 0.05) is 17.5 Å². The van der Waals surface area contributed by atoms with Crippen molar-refractivity contribution in [3.63, 3.8) is 0 Å². The maximum Gasteiger partial charge on any atom is 0.435 e. The number of hydrogen-bond acceptors (Lipinski definition) is 4. The fourth-order valence-electron chi connectivity index (χ4n) is 1.83. The van der Waals surface area contributed by atoms with Gasteiger partial charge in [-0.3, -0.25) is 9.48 Å². The van der Waals surface area contributed by atoms with Crippen molar-refractivity contribution in [2.45, 2.75) is 39.9 Å². The SMILES string of the molecule is CCOC(=O)/C=C(\C)NC(=O)C(C)n1nc(C(F)(F)F)cc1C. The number of nitrogens with one attached hydrogen (secondary N) is 1. The van der Waals surface area contributed by atoms with Crippen LogP contribution < -0.4 is 5.32 Å². The van der Waals surface area contributed by atoms with E-state index in [1.54, 1.807) is 6.92 Å². The number of ether oxygens (including phenoxy) is 1. The molecule has 0 radical (unpaired) electrons. The Morgan fingerprint density at radius 2 is 2.09 bits per heavy atom. The third-order valence-electron chi connectivity index (χ3n) is 2.90. The Labute approximate surface area is 131 Å². The van der Waals surface area contributed by atoms with Crippen molar-refractivity contribution in [2.75, 3.05) is 6.61 Å². The first kappa shape index (κ1) is 18.7. The summed E-state index contributed by atoms with van der Waals surface area (Å²) in [6.45, 7) is 6.14. The number of hydrogen-bond donors (Lipinski definition) is 1. The first-order valence-electron chi connectivity index (χ1n) is 6.85. The van der Waals surface area contributed by atoms with Crippen LogP contribution >= 0.6 is 0 Å². The molecule has 0 aliphatic heterocycles. The summed E-state index contributed by atoms with van der Waals surface area (Å²) in [6, 6.07) is -0.109. The molecule has 0 saturated carbocycles. The van der Waals surface area contributed by atoms with E-state index in [9.17, 15) is 22.8 Å². The van der Waals surface area contributed by atoms with Gasteiger partial charge in [0.1, 0.15) is 6.04 Å². The second-order valence-electron chi connectivity index (χ2n) is 4.86. The molecule has 1 aromatic rings. The van der Waals surface area contributed by atoms with Crippen molar-refractivity contribution in [3.8, 4) is 0 Å². The van der Waals surface area contributed by atoms with Crippen LogP contribution in [0.1, 0.15) is 38.2 Å². The Morgan fingerprint density at radius 1 is 1.48 bits per heavy atom. The average Bonchev–Trinajstić information content (AvgIpc) is 2.79. The Balaban J connectivity index is 2.85. The highest BCUT2D eigenvalue weighted by atomic mass is 19.4. The zero-order valence-corrected chi connectivity index (χ0v) is 13.2. The lowest BCUT2D eigenvalue weighted by molar-refractivity contribution is -0.142. The third kappa shape index (κ3) is 5.11. The Morgan fingerprint density at radius 3 is 2.57 bits per heavy atom. The van der Waals surface area contributed by atoms with Gasteiger partial charge in [-0.05, 0) is 33.8 Å². The molecule has 23 heavy (non-hydrogen) atoms. The lowest BCUT2D eigenvalue weighted by Gasteiger charge is -2.14. The minimum Gasteiger partial charge on any atom is -0.463 e. The summed E-state index contributed by atoms with van der Waals surface area (Å²) in [5, 5.41) is 5.84. The Bertz CT molecular complexity index is 621. The molecule has 1 aromatic heterocycles. The van der Waals surface area contributed by atoms with Crippen molar-refractivity contribution in [2.24, 2.45) is 0 Å². The summed E-state index contributed by atoms with van der Waals surface area (Å²) in [6.07, 6.45) is -3.49. The normalized spacial score (nSPS) is 13.6. The molecule has 1 rings (SSSR count). The molecule has 0 aliphatic carbocycles. The molecular formula is C14H18F3N3O3. The van der Waals surface area contributed by atoms with Crippen LogP contribution in [0, 0.1) is 6.92 Å². The van der Waals surface area contributed by atoms with Crippen molar-refractivity contribution >= 4 is 11.9 Å². The number of esters is 1. The molecule has 0 aromatic carbocycles. The van der Waals surface area contributed by atoms with Gasteiger partial charge in [0.15, 0.2) is 5.69 Å². The molecule has 1 heterocycles. The van der Waals surface area contributed by atoms with E-state index in [1.165, 1.54) is 20.8 Å². The number of rotatable bonds is 5. The smallest absolute Gasteiger partial charge is 0.435 e. The van der Waals surface area contributed by atoms with Crippen LogP contribution in [-0.4, -0.2) is 28.3 Å². The molecule has 0 aliphatic rings. The molecule has 128 valence electrons. The van der Waals surface area contributed by atoms with Crippen LogP contribution in [0.2, 0.25) is 0 Å². The number of carbonyl (C=O) groups is 2. The van der Waals surface area contributed by atoms with Gasteiger partial charge in [0.2, 0.25) is 5.91 Å². The molecule has 1 atom stereocenters. The quantitative estimate of drug-likeness (QED) is 0.663. The second-order valence-corrected chi connectivity index (χ2v) is 4.86. The molecule has 6 nitrogen and oxygen atoms in total. The summed E-state index contributed by atoms with van der Waals surface area (Å²) in [5.41, 5.74) is -0.637. The molecule has 1 amide bonds. The number of nitrogens with zero attached hydrogens (tertiary/aromatic N) is 2. The van der Waals surface area contributed by atoms with E-state index in [2.05, 4.69) is 15.2 Å². The van der Waals surface area contributed by atoms with E-state index in [4.69, 9.17) is 0 Å². The molecule has 0 saturated heterocycles. The average molecular weight is 333 g/mol. The number of halogens is 3. The predicted octanol–water partition coefficient (Wildman–Crippen LogP) is 2.35. The number of amides is 1. The van der Waals surface area contributed by atoms with Crippen molar-refractivity contribution in [3.05, 3.63) is 29.2 Å². The van der Waals surface area contributed by atoms with E-state index in [0.29, 0.717) is 0 Å². The first-order valence-corrected chi connectivity index (χ1v) is 6.85. The van der Waals surface area contributed by atoms with E-state index >= 15 is 0 Å². The van der Waals surface area contributed by atoms with Gasteiger partial charge in [-0.25, -0.2) is 4.79 Å². The zero-order valence-electron chi connectivity index (χ0n) is 13.2. The summed E-state index contributed by atoms with van der Waals surface area (Å²) < 4.78 is 43.6. The van der Waals surface area contributed by atoms with Gasteiger partial charge in [0.25, 0.3) is 0 Å². The fourth-order valence-corrected chi connectivity index (χ4v) is 1.83. The number of carbonyl (C=O) groups excluding carboxylic acids is 2. The lowest BCUT2D eigenvalue weighted by atomic mass is 10.3. The van der Waals surface area contributed by atoms with Crippen LogP contribution in [0.4, 0.5) is 13.2 Å². The monoisotopic (exact) mass is 333 g/mol. The molecule has 1 unspecified atom stereocenters. The highest BCUT2D eigenvalue weighted by molar-refractivity contribution is 5.86. The maximum atomic E-state index is 12.6. The number of aryl methyl sites for hydroxylation is 1. The highest BCUT2D eigenvalue weighted by Gasteiger charge is 2.35. The van der Waals surface area contributed by atoms with Crippen LogP contribution in [0.25, 0.3) is 0 Å². The summed E-state index contributed by atoms with van der Waals surface area (Å²) in [7, 11) is 0. The van der Waals surface area contributed by atoms with Crippen molar-refractivity contribution in [1.29, 1.82) is 0 Å². The van der Waals surface area contributed by atoms with Gasteiger partial charge in [-0.15, -0.1) is 0 Å². The molecule has 1 N–H and O–H groups in total. The molecule has 9 heteroatoms. The minimum atomic E-state index is -4.58. The molecule has 0 bridgehead atoms. The van der Waals surface area contributed by atoms with Gasteiger partial charge in [0.05, 0.1) is 6.61 Å². The zero-order chi connectivity index (χ0) is 17.8. The van der Waals surface area contributed by atoms with Crippen LogP contribution in [0.3, 0.4) is 0 Å². The highest BCUT2D eigenvalue weighted by Crippen LogP contribution is 2.29. The topological polar surface area (TPSA) is 73.2 Å². The van der Waals surface area contributed by atoms with Gasteiger partial charge in [-0.1, -0.05) is 0 Å². The van der Waals surface area contributed by atoms with Crippen LogP contribution in [0.5, 0.6) is 0 Å². The number of alkyl halides is 3. The van der Waals surface area contributed by atoms with E-state index in [0.717, 1.165) is 16.8 Å². The largest absolute Gasteiger partial charge is 0.463 e. The van der Waals surface area contributed by atoms with Crippen LogP contribution in [-0.2, 0) is 20.5 Å². The van der Waals surface area contributed by atoms with Crippen molar-refractivity contribution < 1.29 is 27.5 Å². The molecule has 0 fully saturated rings. The summed E-state index contributed by atoms with van der Waals surface area (Å²) in [4.78, 5) is 23.3. The predicted molar refractivity (Wildman–Crippen MR) is 75.2 cm³/mol. The molecular weight excluding hydrogens is 315 g/mol. The maximum absolute atomic E-state index is 12.6. The standard InChI is InChI=1S/C14H18F3N3O3/c1-5-23-12(21)6-8(2)18-13(22)10(4)20-9(3)7-11(19-20)14(15,16)17/h6-7,10H,5H2,1-4H3,(H,18,22)/b8-6+. The Hall–Kier alpha value is -2.32. The second kappa shape index (κ2) is 7.30. The van der Waals surface area contributed by atoms with E-state index in [-0.39, 0.29) is 18.0 Å². The fraction of sp³-hybridized carbons (Fsp3) is 0.500. The van der Waals surface area contributed by atoms with Crippen LogP contribution in [0.15, 0.2) is 17.8 Å². The van der Waals surface area contributed by atoms with E-state index in [1.807, 2.05) is 0 Å².